The quantitative estimate of drug-likeness (QED) is 0.527. The maximum absolute atomic E-state index is 13.3. The zero-order chi connectivity index (χ0) is 20.7. The predicted octanol–water partition coefficient (Wildman–Crippen LogP) is 6.75. The monoisotopic (exact) mass is 427 g/mol. The summed E-state index contributed by atoms with van der Waals surface area (Å²) in [7, 11) is 0. The maximum atomic E-state index is 13.3. The average molecular weight is 428 g/mol. The molecule has 1 N–H and O–H groups in total. The lowest BCUT2D eigenvalue weighted by atomic mass is 9.48. The van der Waals surface area contributed by atoms with Crippen molar-refractivity contribution >= 4 is 11.6 Å². The van der Waals surface area contributed by atoms with Gasteiger partial charge in [0.1, 0.15) is 18.2 Å². The molecule has 0 spiro atoms. The molecule has 4 fully saturated rings. The Bertz CT molecular complexity index is 878. The van der Waals surface area contributed by atoms with Crippen LogP contribution >= 0.6 is 11.6 Å². The van der Waals surface area contributed by atoms with Gasteiger partial charge in [0.15, 0.2) is 0 Å². The van der Waals surface area contributed by atoms with Crippen LogP contribution in [0.1, 0.15) is 56.6 Å². The molecule has 0 aliphatic heterocycles. The minimum absolute atomic E-state index is 0.327. The van der Waals surface area contributed by atoms with Crippen molar-refractivity contribution in [1.82, 2.24) is 5.32 Å². The van der Waals surface area contributed by atoms with Gasteiger partial charge in [0.2, 0.25) is 0 Å². The first-order valence-electron chi connectivity index (χ1n) is 11.4. The molecule has 4 saturated carbocycles. The van der Waals surface area contributed by atoms with Gasteiger partial charge in [-0.2, -0.15) is 0 Å². The van der Waals surface area contributed by atoms with E-state index >= 15 is 0 Å². The van der Waals surface area contributed by atoms with Gasteiger partial charge < -0.3 is 10.1 Å². The Hall–Kier alpha value is -1.58. The van der Waals surface area contributed by atoms with Crippen LogP contribution in [0.3, 0.4) is 0 Å². The average Bonchev–Trinajstić information content (AvgIpc) is 2.71. The predicted molar refractivity (Wildman–Crippen MR) is 119 cm³/mol. The summed E-state index contributed by atoms with van der Waals surface area (Å²) in [6.45, 7) is 3.53. The third-order valence-corrected chi connectivity index (χ3v) is 8.33. The molecule has 0 saturated heterocycles. The fourth-order valence-electron chi connectivity index (χ4n) is 6.77. The largest absolute Gasteiger partial charge is 0.489 e. The van der Waals surface area contributed by atoms with Crippen LogP contribution in [0.25, 0.3) is 0 Å². The van der Waals surface area contributed by atoms with E-state index in [1.165, 1.54) is 50.7 Å². The second-order valence-corrected chi connectivity index (χ2v) is 10.4. The number of ether oxygens (including phenoxy) is 1. The van der Waals surface area contributed by atoms with E-state index < -0.39 is 0 Å². The highest BCUT2D eigenvalue weighted by Gasteiger charge is 2.52. The van der Waals surface area contributed by atoms with E-state index in [1.54, 1.807) is 6.07 Å². The first-order valence-corrected chi connectivity index (χ1v) is 11.8. The molecule has 4 aliphatic carbocycles. The molecule has 4 heteroatoms. The molecule has 0 heterocycles. The van der Waals surface area contributed by atoms with E-state index in [2.05, 4.69) is 24.4 Å². The standard InChI is InChI=1S/C26H31ClFNO/c1-17(26-12-18-8-19(13-26)10-20(9-18)14-26)29-15-21-4-2-3-5-25(21)30-16-22-6-7-23(28)11-24(22)27/h2-7,11,17-20,29H,8-10,12-16H2,1H3. The van der Waals surface area contributed by atoms with Gasteiger partial charge in [0, 0.05) is 23.7 Å². The summed E-state index contributed by atoms with van der Waals surface area (Å²) >= 11 is 6.16. The fourth-order valence-corrected chi connectivity index (χ4v) is 6.99. The Kier molecular flexibility index (Phi) is 5.53. The topological polar surface area (TPSA) is 21.3 Å². The minimum atomic E-state index is -0.327. The molecule has 30 heavy (non-hydrogen) atoms. The summed E-state index contributed by atoms with van der Waals surface area (Å²) in [5.74, 6) is 3.44. The van der Waals surface area contributed by atoms with Gasteiger partial charge in [0.25, 0.3) is 0 Å². The highest BCUT2D eigenvalue weighted by molar-refractivity contribution is 6.31. The van der Waals surface area contributed by atoms with Crippen molar-refractivity contribution in [2.24, 2.45) is 23.2 Å². The van der Waals surface area contributed by atoms with E-state index in [-0.39, 0.29) is 5.82 Å². The Labute approximate surface area is 184 Å². The smallest absolute Gasteiger partial charge is 0.124 e. The lowest BCUT2D eigenvalue weighted by Gasteiger charge is -2.59. The Balaban J connectivity index is 1.24. The second kappa shape index (κ2) is 8.16. The van der Waals surface area contributed by atoms with Gasteiger partial charge >= 0.3 is 0 Å². The fraction of sp³-hybridized carbons (Fsp3) is 0.538. The van der Waals surface area contributed by atoms with Crippen molar-refractivity contribution in [3.63, 3.8) is 0 Å². The molecule has 1 atom stereocenters. The molecule has 0 radical (unpaired) electrons. The van der Waals surface area contributed by atoms with Crippen molar-refractivity contribution in [2.75, 3.05) is 0 Å². The van der Waals surface area contributed by atoms with E-state index in [0.29, 0.717) is 23.1 Å². The van der Waals surface area contributed by atoms with Crippen LogP contribution in [-0.2, 0) is 13.2 Å². The molecule has 2 nitrogen and oxygen atoms in total. The molecule has 4 aliphatic rings. The molecule has 1 unspecified atom stereocenters. The lowest BCUT2D eigenvalue weighted by Crippen LogP contribution is -2.54. The van der Waals surface area contributed by atoms with Crippen molar-refractivity contribution in [1.29, 1.82) is 0 Å². The number of halogens is 2. The molecule has 160 valence electrons. The number of hydrogen-bond donors (Lipinski definition) is 1. The van der Waals surface area contributed by atoms with E-state index in [1.807, 2.05) is 12.1 Å². The van der Waals surface area contributed by atoms with Crippen LogP contribution in [0.2, 0.25) is 5.02 Å². The van der Waals surface area contributed by atoms with Gasteiger partial charge in [-0.3, -0.25) is 0 Å². The van der Waals surface area contributed by atoms with Crippen molar-refractivity contribution in [3.8, 4) is 5.75 Å². The Morgan fingerprint density at radius 2 is 1.70 bits per heavy atom. The van der Waals surface area contributed by atoms with E-state index in [0.717, 1.165) is 41.2 Å². The SMILES string of the molecule is CC(NCc1ccccc1OCc1ccc(F)cc1Cl)C12CC3CC(CC(C3)C1)C2. The van der Waals surface area contributed by atoms with Crippen LogP contribution in [0.15, 0.2) is 42.5 Å². The summed E-state index contributed by atoms with van der Waals surface area (Å²) in [5, 5.41) is 4.26. The van der Waals surface area contributed by atoms with Crippen molar-refractivity contribution in [3.05, 3.63) is 64.4 Å². The number of rotatable bonds is 7. The Morgan fingerprint density at radius 3 is 2.37 bits per heavy atom. The van der Waals surface area contributed by atoms with Gasteiger partial charge in [0.05, 0.1) is 5.02 Å². The molecular weight excluding hydrogens is 397 g/mol. The third kappa shape index (κ3) is 3.99. The second-order valence-electron chi connectivity index (χ2n) is 10.0. The van der Waals surface area contributed by atoms with Gasteiger partial charge in [-0.05, 0) is 86.8 Å². The zero-order valence-electron chi connectivity index (χ0n) is 17.7. The van der Waals surface area contributed by atoms with Gasteiger partial charge in [-0.25, -0.2) is 4.39 Å². The highest BCUT2D eigenvalue weighted by Crippen LogP contribution is 2.61. The van der Waals surface area contributed by atoms with Crippen LogP contribution in [0, 0.1) is 29.0 Å². The summed E-state index contributed by atoms with van der Waals surface area (Å²) in [4.78, 5) is 0. The third-order valence-electron chi connectivity index (χ3n) is 7.97. The maximum Gasteiger partial charge on any atom is 0.124 e. The first kappa shape index (κ1) is 20.3. The van der Waals surface area contributed by atoms with Crippen LogP contribution < -0.4 is 10.1 Å². The molecule has 6 rings (SSSR count). The van der Waals surface area contributed by atoms with Crippen molar-refractivity contribution < 1.29 is 9.13 Å². The van der Waals surface area contributed by atoms with Gasteiger partial charge in [-0.15, -0.1) is 0 Å². The molecule has 0 aromatic heterocycles. The molecule has 2 aromatic rings. The van der Waals surface area contributed by atoms with Crippen LogP contribution in [0.4, 0.5) is 4.39 Å². The summed E-state index contributed by atoms with van der Waals surface area (Å²) in [5.41, 5.74) is 2.45. The number of benzene rings is 2. The molecule has 2 aromatic carbocycles. The molecular formula is C26H31ClFNO. The zero-order valence-corrected chi connectivity index (χ0v) is 18.4. The summed E-state index contributed by atoms with van der Waals surface area (Å²) in [6.07, 6.45) is 8.68. The summed E-state index contributed by atoms with van der Waals surface area (Å²) < 4.78 is 19.4. The summed E-state index contributed by atoms with van der Waals surface area (Å²) in [6, 6.07) is 13.1. The molecule has 0 amide bonds. The minimum Gasteiger partial charge on any atom is -0.489 e. The van der Waals surface area contributed by atoms with E-state index in [9.17, 15) is 4.39 Å². The Morgan fingerprint density at radius 1 is 1.03 bits per heavy atom. The highest BCUT2D eigenvalue weighted by atomic mass is 35.5. The number of para-hydroxylation sites is 1. The van der Waals surface area contributed by atoms with E-state index in [4.69, 9.17) is 16.3 Å². The number of hydrogen-bond acceptors (Lipinski definition) is 2. The van der Waals surface area contributed by atoms with Crippen molar-refractivity contribution in [2.45, 2.75) is 64.6 Å². The normalized spacial score (nSPS) is 30.4. The number of nitrogens with one attached hydrogen (secondary N) is 1. The van der Waals surface area contributed by atoms with Crippen LogP contribution in [-0.4, -0.2) is 6.04 Å². The first-order chi connectivity index (χ1) is 14.5. The molecule has 4 bridgehead atoms. The lowest BCUT2D eigenvalue weighted by molar-refractivity contribution is -0.0706. The van der Waals surface area contributed by atoms with Crippen LogP contribution in [0.5, 0.6) is 5.75 Å². The van der Waals surface area contributed by atoms with Gasteiger partial charge in [-0.1, -0.05) is 35.9 Å².